The highest BCUT2D eigenvalue weighted by molar-refractivity contribution is 7.09. The minimum absolute atomic E-state index is 0.546. The minimum atomic E-state index is 0.546. The Morgan fingerprint density at radius 2 is 1.75 bits per heavy atom. The van der Waals surface area contributed by atoms with Gasteiger partial charge in [0.15, 0.2) is 5.69 Å². The number of hydrogen-bond donors (Lipinski definition) is 0. The van der Waals surface area contributed by atoms with E-state index in [0.717, 1.165) is 29.6 Å². The molecular weight excluding hydrogens is 366 g/mol. The van der Waals surface area contributed by atoms with Gasteiger partial charge in [-0.05, 0) is 57.3 Å². The summed E-state index contributed by atoms with van der Waals surface area (Å²) in [7, 11) is 0. The van der Waals surface area contributed by atoms with Gasteiger partial charge in [0.2, 0.25) is 5.88 Å². The SMILES string of the molecule is Cc1ccc(C#Cc2nc3cscc3nc2OCCCN2CCCCC2)cc1. The fourth-order valence-electron chi connectivity index (χ4n) is 3.37. The van der Waals surface area contributed by atoms with Crippen LogP contribution in [0.5, 0.6) is 5.88 Å². The normalized spacial score (nSPS) is 14.6. The quantitative estimate of drug-likeness (QED) is 0.469. The fourth-order valence-corrected chi connectivity index (χ4v) is 4.04. The van der Waals surface area contributed by atoms with E-state index >= 15 is 0 Å². The first kappa shape index (κ1) is 18.9. The molecule has 0 aliphatic carbocycles. The molecule has 1 aliphatic rings. The van der Waals surface area contributed by atoms with Crippen LogP contribution in [0.3, 0.4) is 0 Å². The van der Waals surface area contributed by atoms with Crippen molar-refractivity contribution in [3.05, 3.63) is 51.8 Å². The van der Waals surface area contributed by atoms with Crippen LogP contribution in [0.15, 0.2) is 35.0 Å². The standard InChI is InChI=1S/C23H25N3OS/c1-18-6-8-19(9-7-18)10-11-20-23(25-22-17-28-16-21(22)24-20)27-15-5-14-26-12-3-2-4-13-26/h6-9,16-17H,2-5,12-15H2,1H3. The van der Waals surface area contributed by atoms with Gasteiger partial charge in [0.05, 0.1) is 6.61 Å². The lowest BCUT2D eigenvalue weighted by molar-refractivity contribution is 0.203. The first-order valence-electron chi connectivity index (χ1n) is 9.96. The topological polar surface area (TPSA) is 38.3 Å². The Morgan fingerprint density at radius 1 is 1.00 bits per heavy atom. The number of hydrogen-bond acceptors (Lipinski definition) is 5. The van der Waals surface area contributed by atoms with Gasteiger partial charge in [-0.15, -0.1) is 11.3 Å². The molecule has 0 unspecified atom stereocenters. The summed E-state index contributed by atoms with van der Waals surface area (Å²) in [6, 6.07) is 8.18. The second kappa shape index (κ2) is 9.18. The molecule has 0 atom stereocenters. The van der Waals surface area contributed by atoms with Gasteiger partial charge in [0, 0.05) is 22.9 Å². The van der Waals surface area contributed by atoms with E-state index < -0.39 is 0 Å². The molecular formula is C23H25N3OS. The van der Waals surface area contributed by atoms with Gasteiger partial charge in [-0.3, -0.25) is 0 Å². The van der Waals surface area contributed by atoms with E-state index in [0.29, 0.717) is 18.2 Å². The molecule has 1 fully saturated rings. The predicted octanol–water partition coefficient (Wildman–Crippen LogP) is 4.65. The molecule has 3 heterocycles. The molecule has 5 heteroatoms. The zero-order chi connectivity index (χ0) is 19.2. The molecule has 4 nitrogen and oxygen atoms in total. The van der Waals surface area contributed by atoms with Crippen molar-refractivity contribution >= 4 is 22.4 Å². The smallest absolute Gasteiger partial charge is 0.249 e. The number of aryl methyl sites for hydroxylation is 1. The van der Waals surface area contributed by atoms with Crippen molar-refractivity contribution in [3.63, 3.8) is 0 Å². The Hall–Kier alpha value is -2.42. The lowest BCUT2D eigenvalue weighted by Gasteiger charge is -2.26. The fraction of sp³-hybridized carbons (Fsp3) is 0.391. The van der Waals surface area contributed by atoms with Gasteiger partial charge in [0.25, 0.3) is 0 Å². The summed E-state index contributed by atoms with van der Waals surface area (Å²) in [6.45, 7) is 6.23. The summed E-state index contributed by atoms with van der Waals surface area (Å²) in [5.74, 6) is 6.90. The molecule has 3 aromatic rings. The average molecular weight is 392 g/mol. The zero-order valence-electron chi connectivity index (χ0n) is 16.3. The first-order valence-corrected chi connectivity index (χ1v) is 10.9. The Labute approximate surface area is 170 Å². The molecule has 28 heavy (non-hydrogen) atoms. The van der Waals surface area contributed by atoms with Gasteiger partial charge in [-0.2, -0.15) is 0 Å². The maximum Gasteiger partial charge on any atom is 0.249 e. The second-order valence-electron chi connectivity index (χ2n) is 7.24. The van der Waals surface area contributed by atoms with E-state index in [1.54, 1.807) is 11.3 Å². The van der Waals surface area contributed by atoms with Crippen molar-refractivity contribution in [2.45, 2.75) is 32.6 Å². The van der Waals surface area contributed by atoms with Crippen molar-refractivity contribution in [2.24, 2.45) is 0 Å². The number of piperidine rings is 1. The summed E-state index contributed by atoms with van der Waals surface area (Å²) < 4.78 is 6.02. The van der Waals surface area contributed by atoms with E-state index in [2.05, 4.69) is 45.8 Å². The number of likely N-dealkylation sites (tertiary alicyclic amines) is 1. The Morgan fingerprint density at radius 3 is 2.54 bits per heavy atom. The van der Waals surface area contributed by atoms with Gasteiger partial charge >= 0.3 is 0 Å². The third-order valence-electron chi connectivity index (χ3n) is 4.96. The predicted molar refractivity (Wildman–Crippen MR) is 115 cm³/mol. The second-order valence-corrected chi connectivity index (χ2v) is 7.98. The van der Waals surface area contributed by atoms with Crippen LogP contribution >= 0.6 is 11.3 Å². The molecule has 1 saturated heterocycles. The molecule has 0 N–H and O–H groups in total. The molecule has 0 spiro atoms. The molecule has 1 aliphatic heterocycles. The van der Waals surface area contributed by atoms with Crippen LogP contribution in [0, 0.1) is 18.8 Å². The number of thiophene rings is 1. The lowest BCUT2D eigenvalue weighted by atomic mass is 10.1. The monoisotopic (exact) mass is 391 g/mol. The highest BCUT2D eigenvalue weighted by Crippen LogP contribution is 2.21. The summed E-state index contributed by atoms with van der Waals surface area (Å²) in [6.07, 6.45) is 5.00. The highest BCUT2D eigenvalue weighted by atomic mass is 32.1. The van der Waals surface area contributed by atoms with Crippen molar-refractivity contribution in [1.29, 1.82) is 0 Å². The van der Waals surface area contributed by atoms with Gasteiger partial charge in [-0.25, -0.2) is 9.97 Å². The number of rotatable bonds is 5. The largest absolute Gasteiger partial charge is 0.476 e. The average Bonchev–Trinajstić information content (AvgIpc) is 3.18. The molecule has 0 bridgehead atoms. The summed E-state index contributed by atoms with van der Waals surface area (Å²) in [5, 5.41) is 4.00. The van der Waals surface area contributed by atoms with Gasteiger partial charge in [0.1, 0.15) is 11.0 Å². The summed E-state index contributed by atoms with van der Waals surface area (Å²) in [4.78, 5) is 11.9. The maximum absolute atomic E-state index is 6.02. The number of fused-ring (bicyclic) bond motifs is 1. The molecule has 144 valence electrons. The van der Waals surface area contributed by atoms with E-state index in [9.17, 15) is 0 Å². The number of benzene rings is 1. The van der Waals surface area contributed by atoms with Crippen LogP contribution in [-0.4, -0.2) is 41.1 Å². The number of aromatic nitrogens is 2. The van der Waals surface area contributed by atoms with Crippen molar-refractivity contribution in [1.82, 2.24) is 14.9 Å². The van der Waals surface area contributed by atoms with Crippen LogP contribution in [0.4, 0.5) is 0 Å². The maximum atomic E-state index is 6.02. The molecule has 4 rings (SSSR count). The molecule has 0 saturated carbocycles. The van der Waals surface area contributed by atoms with Crippen molar-refractivity contribution in [3.8, 4) is 17.7 Å². The van der Waals surface area contributed by atoms with Gasteiger partial charge in [-0.1, -0.05) is 30.0 Å². The van der Waals surface area contributed by atoms with Crippen molar-refractivity contribution in [2.75, 3.05) is 26.2 Å². The Kier molecular flexibility index (Phi) is 6.20. The zero-order valence-corrected chi connectivity index (χ0v) is 17.1. The molecule has 0 amide bonds. The molecule has 2 aromatic heterocycles. The number of nitrogens with zero attached hydrogens (tertiary/aromatic N) is 3. The van der Waals surface area contributed by atoms with Crippen LogP contribution in [0.25, 0.3) is 11.0 Å². The number of ether oxygens (including phenoxy) is 1. The van der Waals surface area contributed by atoms with Crippen LogP contribution in [0.2, 0.25) is 0 Å². The van der Waals surface area contributed by atoms with Crippen LogP contribution in [-0.2, 0) is 0 Å². The molecule has 1 aromatic carbocycles. The van der Waals surface area contributed by atoms with Crippen molar-refractivity contribution < 1.29 is 4.74 Å². The van der Waals surface area contributed by atoms with Crippen LogP contribution in [0.1, 0.15) is 42.5 Å². The van der Waals surface area contributed by atoms with E-state index in [1.165, 1.54) is 37.9 Å². The van der Waals surface area contributed by atoms with Crippen LogP contribution < -0.4 is 4.74 Å². The summed E-state index contributed by atoms with van der Waals surface area (Å²) >= 11 is 1.60. The third kappa shape index (κ3) is 4.89. The minimum Gasteiger partial charge on any atom is -0.476 e. The van der Waals surface area contributed by atoms with Gasteiger partial charge < -0.3 is 9.64 Å². The lowest BCUT2D eigenvalue weighted by Crippen LogP contribution is -2.31. The van der Waals surface area contributed by atoms with E-state index in [1.807, 2.05) is 22.9 Å². The third-order valence-corrected chi connectivity index (χ3v) is 5.68. The van der Waals surface area contributed by atoms with E-state index in [-0.39, 0.29) is 0 Å². The summed E-state index contributed by atoms with van der Waals surface area (Å²) in [5.41, 5.74) is 4.55. The Bertz CT molecular complexity index is 978. The molecule has 0 radical (unpaired) electrons. The Balaban J connectivity index is 1.46. The van der Waals surface area contributed by atoms with E-state index in [4.69, 9.17) is 4.74 Å². The first-order chi connectivity index (χ1) is 13.8. The highest BCUT2D eigenvalue weighted by Gasteiger charge is 2.11.